The number of aryl methyl sites for hydroxylation is 1. The standard InChI is InChI=1S/C11H16N8O2/c1-3-12-11-15-8(2)9(19(20)21)10(16-11)13-4-6-18-7-5-14-17-18/h5,7H,3-4,6H2,1-2H3,(H2,12,13,15,16). The van der Waals surface area contributed by atoms with Crippen LogP contribution in [0.15, 0.2) is 12.4 Å². The number of hydrogen-bond donors (Lipinski definition) is 2. The molecule has 0 aliphatic carbocycles. The van der Waals surface area contributed by atoms with E-state index >= 15 is 0 Å². The molecule has 0 saturated heterocycles. The molecule has 2 N–H and O–H groups in total. The Bertz CT molecular complexity index is 613. The number of nitro groups is 1. The molecule has 10 nitrogen and oxygen atoms in total. The highest BCUT2D eigenvalue weighted by atomic mass is 16.6. The SMILES string of the molecule is CCNc1nc(C)c([N+](=O)[O-])c(NCCn2ccnn2)n1. The van der Waals surface area contributed by atoms with Crippen LogP contribution >= 0.6 is 0 Å². The molecule has 0 fully saturated rings. The first-order chi connectivity index (χ1) is 10.1. The van der Waals surface area contributed by atoms with Gasteiger partial charge in [0.15, 0.2) is 0 Å². The highest BCUT2D eigenvalue weighted by molar-refractivity contribution is 5.60. The van der Waals surface area contributed by atoms with E-state index in [1.807, 2.05) is 6.92 Å². The van der Waals surface area contributed by atoms with Crippen LogP contribution in [0.25, 0.3) is 0 Å². The second-order valence-corrected chi connectivity index (χ2v) is 4.21. The summed E-state index contributed by atoms with van der Waals surface area (Å²) in [6.45, 7) is 5.08. The van der Waals surface area contributed by atoms with E-state index in [2.05, 4.69) is 30.9 Å². The molecule has 0 spiro atoms. The van der Waals surface area contributed by atoms with Crippen LogP contribution in [0.4, 0.5) is 17.5 Å². The third-order valence-electron chi connectivity index (χ3n) is 2.68. The van der Waals surface area contributed by atoms with Crippen molar-refractivity contribution in [1.82, 2.24) is 25.0 Å². The Balaban J connectivity index is 2.16. The summed E-state index contributed by atoms with van der Waals surface area (Å²) in [6, 6.07) is 0. The van der Waals surface area contributed by atoms with Gasteiger partial charge >= 0.3 is 5.69 Å². The lowest BCUT2D eigenvalue weighted by Crippen LogP contribution is -2.15. The van der Waals surface area contributed by atoms with Gasteiger partial charge in [0.2, 0.25) is 11.8 Å². The fraction of sp³-hybridized carbons (Fsp3) is 0.455. The van der Waals surface area contributed by atoms with Crippen LogP contribution in [0.5, 0.6) is 0 Å². The second kappa shape index (κ2) is 6.59. The Labute approximate surface area is 120 Å². The Kier molecular flexibility index (Phi) is 4.59. The predicted molar refractivity (Wildman–Crippen MR) is 76.1 cm³/mol. The van der Waals surface area contributed by atoms with Gasteiger partial charge in [0.25, 0.3) is 0 Å². The van der Waals surface area contributed by atoms with Crippen molar-refractivity contribution in [3.63, 3.8) is 0 Å². The quantitative estimate of drug-likeness (QED) is 0.568. The number of anilines is 2. The van der Waals surface area contributed by atoms with Gasteiger partial charge < -0.3 is 10.6 Å². The van der Waals surface area contributed by atoms with E-state index in [-0.39, 0.29) is 11.5 Å². The van der Waals surface area contributed by atoms with Crippen LogP contribution in [0, 0.1) is 17.0 Å². The summed E-state index contributed by atoms with van der Waals surface area (Å²) in [5, 5.41) is 24.5. The lowest BCUT2D eigenvalue weighted by Gasteiger charge is -2.10. The fourth-order valence-corrected chi connectivity index (χ4v) is 1.79. The number of nitrogens with zero attached hydrogens (tertiary/aromatic N) is 6. The molecule has 0 bridgehead atoms. The van der Waals surface area contributed by atoms with Crippen molar-refractivity contribution in [2.24, 2.45) is 0 Å². The minimum absolute atomic E-state index is 0.116. The largest absolute Gasteiger partial charge is 0.362 e. The molecule has 0 aromatic carbocycles. The molecule has 0 radical (unpaired) electrons. The van der Waals surface area contributed by atoms with Gasteiger partial charge in [-0.05, 0) is 13.8 Å². The Morgan fingerprint density at radius 2 is 2.19 bits per heavy atom. The molecule has 112 valence electrons. The topological polar surface area (TPSA) is 124 Å². The maximum absolute atomic E-state index is 11.1. The molecule has 0 atom stereocenters. The number of rotatable bonds is 7. The average Bonchev–Trinajstić information content (AvgIpc) is 2.91. The maximum Gasteiger partial charge on any atom is 0.332 e. The van der Waals surface area contributed by atoms with Gasteiger partial charge in [-0.25, -0.2) is 4.98 Å². The van der Waals surface area contributed by atoms with Crippen LogP contribution in [0.3, 0.4) is 0 Å². The number of hydrogen-bond acceptors (Lipinski definition) is 8. The Morgan fingerprint density at radius 1 is 1.38 bits per heavy atom. The maximum atomic E-state index is 11.1. The first kappa shape index (κ1) is 14.6. The summed E-state index contributed by atoms with van der Waals surface area (Å²) in [4.78, 5) is 18.9. The molecule has 0 unspecified atom stereocenters. The van der Waals surface area contributed by atoms with Gasteiger partial charge in [-0.15, -0.1) is 5.10 Å². The minimum Gasteiger partial charge on any atom is -0.362 e. The molecule has 2 heterocycles. The van der Waals surface area contributed by atoms with Gasteiger partial charge in [-0.1, -0.05) is 5.21 Å². The zero-order valence-electron chi connectivity index (χ0n) is 11.8. The van der Waals surface area contributed by atoms with Crippen molar-refractivity contribution in [2.45, 2.75) is 20.4 Å². The van der Waals surface area contributed by atoms with E-state index in [9.17, 15) is 10.1 Å². The first-order valence-electron chi connectivity index (χ1n) is 6.46. The van der Waals surface area contributed by atoms with Gasteiger partial charge in [-0.3, -0.25) is 14.8 Å². The number of nitrogens with one attached hydrogen (secondary N) is 2. The summed E-state index contributed by atoms with van der Waals surface area (Å²) in [5.74, 6) is 0.562. The Morgan fingerprint density at radius 3 is 2.81 bits per heavy atom. The highest BCUT2D eigenvalue weighted by Gasteiger charge is 2.21. The van der Waals surface area contributed by atoms with Crippen molar-refractivity contribution in [2.75, 3.05) is 23.7 Å². The molecule has 10 heteroatoms. The summed E-state index contributed by atoms with van der Waals surface area (Å²) >= 11 is 0. The molecular weight excluding hydrogens is 276 g/mol. The van der Waals surface area contributed by atoms with Crippen molar-refractivity contribution < 1.29 is 4.92 Å². The molecule has 21 heavy (non-hydrogen) atoms. The summed E-state index contributed by atoms with van der Waals surface area (Å²) in [7, 11) is 0. The second-order valence-electron chi connectivity index (χ2n) is 4.21. The van der Waals surface area contributed by atoms with Crippen LogP contribution in [0.2, 0.25) is 0 Å². The lowest BCUT2D eigenvalue weighted by molar-refractivity contribution is -0.385. The molecule has 2 aromatic heterocycles. The van der Waals surface area contributed by atoms with E-state index in [0.717, 1.165) is 0 Å². The third kappa shape index (κ3) is 3.61. The molecule has 0 amide bonds. The summed E-state index contributed by atoms with van der Waals surface area (Å²) in [5.41, 5.74) is 0.199. The van der Waals surface area contributed by atoms with Crippen molar-refractivity contribution in [3.05, 3.63) is 28.2 Å². The van der Waals surface area contributed by atoms with Crippen LogP contribution in [-0.4, -0.2) is 43.0 Å². The van der Waals surface area contributed by atoms with Crippen LogP contribution < -0.4 is 10.6 Å². The normalized spacial score (nSPS) is 10.4. The van der Waals surface area contributed by atoms with Gasteiger partial charge in [0.1, 0.15) is 5.69 Å². The van der Waals surface area contributed by atoms with Crippen LogP contribution in [-0.2, 0) is 6.54 Å². The molecule has 0 aliphatic rings. The monoisotopic (exact) mass is 292 g/mol. The summed E-state index contributed by atoms with van der Waals surface area (Å²) in [6.07, 6.45) is 3.28. The third-order valence-corrected chi connectivity index (χ3v) is 2.68. The van der Waals surface area contributed by atoms with Gasteiger partial charge in [0, 0.05) is 19.3 Å². The molecule has 0 aliphatic heterocycles. The molecule has 2 aromatic rings. The van der Waals surface area contributed by atoms with E-state index in [0.29, 0.717) is 31.3 Å². The van der Waals surface area contributed by atoms with Crippen molar-refractivity contribution >= 4 is 17.5 Å². The van der Waals surface area contributed by atoms with Gasteiger partial charge in [-0.2, -0.15) is 4.98 Å². The van der Waals surface area contributed by atoms with E-state index in [4.69, 9.17) is 0 Å². The van der Waals surface area contributed by atoms with E-state index in [1.54, 1.807) is 24.0 Å². The van der Waals surface area contributed by atoms with E-state index in [1.165, 1.54) is 0 Å². The predicted octanol–water partition coefficient (Wildman–Crippen LogP) is 0.829. The van der Waals surface area contributed by atoms with Crippen molar-refractivity contribution in [1.29, 1.82) is 0 Å². The zero-order valence-corrected chi connectivity index (χ0v) is 11.8. The first-order valence-corrected chi connectivity index (χ1v) is 6.46. The van der Waals surface area contributed by atoms with Crippen molar-refractivity contribution in [3.8, 4) is 0 Å². The van der Waals surface area contributed by atoms with E-state index < -0.39 is 4.92 Å². The molecular formula is C11H16N8O2. The highest BCUT2D eigenvalue weighted by Crippen LogP contribution is 2.26. The fourth-order valence-electron chi connectivity index (χ4n) is 1.79. The number of aromatic nitrogens is 5. The average molecular weight is 292 g/mol. The van der Waals surface area contributed by atoms with Crippen LogP contribution in [0.1, 0.15) is 12.6 Å². The van der Waals surface area contributed by atoms with Gasteiger partial charge in [0.05, 0.1) is 17.7 Å². The molecule has 0 saturated carbocycles. The minimum atomic E-state index is -0.483. The lowest BCUT2D eigenvalue weighted by atomic mass is 10.3. The zero-order chi connectivity index (χ0) is 15.2. The summed E-state index contributed by atoms with van der Waals surface area (Å²) < 4.78 is 1.62. The smallest absolute Gasteiger partial charge is 0.332 e. The molecule has 2 rings (SSSR count). The Hall–Kier alpha value is -2.78.